The molecule has 4 rings (SSSR count). The third kappa shape index (κ3) is 5.67. The first-order valence-electron chi connectivity index (χ1n) is 10.8. The molecule has 9 heteroatoms. The van der Waals surface area contributed by atoms with Gasteiger partial charge in [-0.25, -0.2) is 4.98 Å². The number of aromatic nitrogens is 1. The Kier molecular flexibility index (Phi) is 7.34. The van der Waals surface area contributed by atoms with Crippen LogP contribution in [-0.4, -0.2) is 53.8 Å². The van der Waals surface area contributed by atoms with Crippen LogP contribution in [0.25, 0.3) is 0 Å². The van der Waals surface area contributed by atoms with E-state index >= 15 is 0 Å². The largest absolute Gasteiger partial charge is 0.378 e. The number of amides is 2. The fourth-order valence-electron chi connectivity index (χ4n) is 3.53. The molecule has 1 saturated heterocycles. The molecule has 0 bridgehead atoms. The minimum Gasteiger partial charge on any atom is -0.378 e. The smallest absolute Gasteiger partial charge is 0.258 e. The van der Waals surface area contributed by atoms with Crippen molar-refractivity contribution in [3.63, 3.8) is 0 Å². The molecule has 2 amide bonds. The molecule has 3 N–H and O–H groups in total. The lowest BCUT2D eigenvalue weighted by Crippen LogP contribution is -2.40. The molecule has 0 radical (unpaired) electrons. The Balaban J connectivity index is 1.47. The van der Waals surface area contributed by atoms with E-state index in [9.17, 15) is 9.59 Å². The summed E-state index contributed by atoms with van der Waals surface area (Å²) in [6.45, 7) is 4.44. The van der Waals surface area contributed by atoms with E-state index in [2.05, 4.69) is 31.5 Å². The molecule has 0 atom stereocenters. The predicted molar refractivity (Wildman–Crippen MR) is 135 cm³/mol. The lowest BCUT2D eigenvalue weighted by atomic mass is 10.1. The van der Waals surface area contributed by atoms with Crippen molar-refractivity contribution in [2.75, 3.05) is 36.9 Å². The summed E-state index contributed by atoms with van der Waals surface area (Å²) >= 11 is 3.32. The molecule has 2 heterocycles. The number of anilines is 2. The van der Waals surface area contributed by atoms with Crippen molar-refractivity contribution in [3.05, 3.63) is 87.5 Å². The molecule has 0 unspecified atom stereocenters. The van der Waals surface area contributed by atoms with Crippen LogP contribution in [0.2, 0.25) is 0 Å². The van der Waals surface area contributed by atoms with Crippen LogP contribution in [-0.2, 0) is 4.74 Å². The monoisotopic (exact) mass is 521 g/mol. The van der Waals surface area contributed by atoms with E-state index < -0.39 is 0 Å². The number of nitrogens with zero attached hydrogens (tertiary/aromatic N) is 2. The van der Waals surface area contributed by atoms with E-state index in [4.69, 9.17) is 10.1 Å². The van der Waals surface area contributed by atoms with Crippen LogP contribution in [0.4, 0.5) is 11.5 Å². The molecule has 1 aliphatic heterocycles. The summed E-state index contributed by atoms with van der Waals surface area (Å²) in [6.07, 6.45) is 1.59. The quantitative estimate of drug-likeness (QED) is 0.342. The molecule has 34 heavy (non-hydrogen) atoms. The Bertz CT molecular complexity index is 1210. The van der Waals surface area contributed by atoms with Crippen LogP contribution < -0.4 is 10.6 Å². The van der Waals surface area contributed by atoms with Crippen molar-refractivity contribution in [1.82, 2.24) is 9.88 Å². The number of ether oxygens (including phenoxy) is 1. The molecule has 0 spiro atoms. The third-order valence-electron chi connectivity index (χ3n) is 5.38. The normalized spacial score (nSPS) is 13.3. The van der Waals surface area contributed by atoms with Crippen LogP contribution in [0.5, 0.6) is 0 Å². The van der Waals surface area contributed by atoms with Crippen LogP contribution in [0, 0.1) is 12.3 Å². The maximum atomic E-state index is 12.9. The number of morpholine rings is 1. The average Bonchev–Trinajstić information content (AvgIpc) is 2.86. The van der Waals surface area contributed by atoms with Gasteiger partial charge in [0.25, 0.3) is 11.8 Å². The first kappa shape index (κ1) is 23.6. The van der Waals surface area contributed by atoms with Gasteiger partial charge < -0.3 is 20.3 Å². The standard InChI is InChI=1S/C25H24BrN5O3/c1-16-2-8-21(20(14-16)25(33)30-22-9-7-19(26)15-28-22)29-24(32)18-5-3-17(4-6-18)23(27)31-10-12-34-13-11-31/h2-9,14-15,27H,10-13H2,1H3,(H,29,32)(H,28,30,33). The minimum absolute atomic E-state index is 0.337. The summed E-state index contributed by atoms with van der Waals surface area (Å²) in [4.78, 5) is 31.9. The van der Waals surface area contributed by atoms with E-state index in [1.807, 2.05) is 17.9 Å². The molecule has 3 aromatic rings. The van der Waals surface area contributed by atoms with Gasteiger partial charge in [-0.2, -0.15) is 0 Å². The zero-order chi connectivity index (χ0) is 24.1. The number of benzene rings is 2. The molecule has 2 aromatic carbocycles. The summed E-state index contributed by atoms with van der Waals surface area (Å²) < 4.78 is 6.15. The van der Waals surface area contributed by atoms with Gasteiger partial charge in [-0.1, -0.05) is 23.8 Å². The number of pyridine rings is 1. The van der Waals surface area contributed by atoms with Crippen molar-refractivity contribution in [1.29, 1.82) is 5.41 Å². The Morgan fingerprint density at radius 1 is 0.971 bits per heavy atom. The van der Waals surface area contributed by atoms with Crippen LogP contribution >= 0.6 is 15.9 Å². The number of carbonyl (C=O) groups is 2. The van der Waals surface area contributed by atoms with Gasteiger partial charge in [0.2, 0.25) is 0 Å². The van der Waals surface area contributed by atoms with Crippen molar-refractivity contribution in [3.8, 4) is 0 Å². The van der Waals surface area contributed by atoms with Crippen molar-refractivity contribution in [2.24, 2.45) is 0 Å². The predicted octanol–water partition coefficient (Wildman–Crippen LogP) is 4.31. The summed E-state index contributed by atoms with van der Waals surface area (Å²) in [7, 11) is 0. The Labute approximate surface area is 206 Å². The van der Waals surface area contributed by atoms with Crippen molar-refractivity contribution in [2.45, 2.75) is 6.92 Å². The van der Waals surface area contributed by atoms with Crippen molar-refractivity contribution < 1.29 is 14.3 Å². The maximum absolute atomic E-state index is 12.9. The topological polar surface area (TPSA) is 107 Å². The minimum atomic E-state index is -0.372. The Morgan fingerprint density at radius 3 is 2.35 bits per heavy atom. The SMILES string of the molecule is Cc1ccc(NC(=O)c2ccc(C(=N)N3CCOCC3)cc2)c(C(=O)Nc2ccc(Br)cn2)c1. The first-order valence-corrected chi connectivity index (χ1v) is 11.6. The van der Waals surface area contributed by atoms with Crippen LogP contribution in [0.15, 0.2) is 65.3 Å². The zero-order valence-corrected chi connectivity index (χ0v) is 20.2. The molecular formula is C25H24BrN5O3. The number of hydrogen-bond acceptors (Lipinski definition) is 5. The number of halogens is 1. The lowest BCUT2D eigenvalue weighted by molar-refractivity contribution is 0.0680. The highest BCUT2D eigenvalue weighted by molar-refractivity contribution is 9.10. The van der Waals surface area contributed by atoms with E-state index in [0.29, 0.717) is 54.8 Å². The van der Waals surface area contributed by atoms with E-state index in [1.165, 1.54) is 0 Å². The molecule has 8 nitrogen and oxygen atoms in total. The maximum Gasteiger partial charge on any atom is 0.258 e. The fourth-order valence-corrected chi connectivity index (χ4v) is 3.77. The van der Waals surface area contributed by atoms with Gasteiger partial charge in [-0.15, -0.1) is 0 Å². The van der Waals surface area contributed by atoms with Gasteiger partial charge in [-0.3, -0.25) is 15.0 Å². The highest BCUT2D eigenvalue weighted by Gasteiger charge is 2.18. The lowest BCUT2D eigenvalue weighted by Gasteiger charge is -2.29. The summed E-state index contributed by atoms with van der Waals surface area (Å²) in [5.41, 5.74) is 2.79. The van der Waals surface area contributed by atoms with Gasteiger partial charge in [0, 0.05) is 34.9 Å². The number of hydrogen-bond donors (Lipinski definition) is 3. The fraction of sp³-hybridized carbons (Fsp3) is 0.200. The van der Waals surface area contributed by atoms with Crippen molar-refractivity contribution >= 4 is 45.1 Å². The van der Waals surface area contributed by atoms with E-state index in [0.717, 1.165) is 15.6 Å². The second-order valence-electron chi connectivity index (χ2n) is 7.84. The molecule has 0 saturated carbocycles. The Hall–Kier alpha value is -3.56. The van der Waals surface area contributed by atoms with E-state index in [-0.39, 0.29) is 11.8 Å². The molecule has 1 aliphatic rings. The summed E-state index contributed by atoms with van der Waals surface area (Å²) in [6, 6.07) is 15.6. The number of aryl methyl sites for hydroxylation is 1. The summed E-state index contributed by atoms with van der Waals surface area (Å²) in [5, 5.41) is 14.0. The summed E-state index contributed by atoms with van der Waals surface area (Å²) in [5.74, 6) is 0.104. The van der Waals surface area contributed by atoms with Gasteiger partial charge in [0.1, 0.15) is 11.7 Å². The highest BCUT2D eigenvalue weighted by Crippen LogP contribution is 2.21. The number of nitrogens with one attached hydrogen (secondary N) is 3. The highest BCUT2D eigenvalue weighted by atomic mass is 79.9. The Morgan fingerprint density at radius 2 is 1.68 bits per heavy atom. The van der Waals surface area contributed by atoms with E-state index in [1.54, 1.807) is 54.7 Å². The second kappa shape index (κ2) is 10.6. The van der Waals surface area contributed by atoms with Gasteiger partial charge in [-0.05, 0) is 59.3 Å². The molecular weight excluding hydrogens is 498 g/mol. The zero-order valence-electron chi connectivity index (χ0n) is 18.6. The number of rotatable bonds is 5. The third-order valence-corrected chi connectivity index (χ3v) is 5.85. The number of carbonyl (C=O) groups excluding carboxylic acids is 2. The molecule has 1 aromatic heterocycles. The first-order chi connectivity index (χ1) is 16.4. The second-order valence-corrected chi connectivity index (χ2v) is 8.76. The van der Waals surface area contributed by atoms with Crippen LogP contribution in [0.3, 0.4) is 0 Å². The molecule has 0 aliphatic carbocycles. The van der Waals surface area contributed by atoms with Crippen LogP contribution in [0.1, 0.15) is 31.8 Å². The molecule has 1 fully saturated rings. The molecule has 174 valence electrons. The van der Waals surface area contributed by atoms with Gasteiger partial charge in [0.05, 0.1) is 24.5 Å². The average molecular weight is 522 g/mol. The van der Waals surface area contributed by atoms with Gasteiger partial charge in [0.15, 0.2) is 0 Å². The van der Waals surface area contributed by atoms with Gasteiger partial charge >= 0.3 is 0 Å². The number of amidine groups is 1.